The summed E-state index contributed by atoms with van der Waals surface area (Å²) in [6.07, 6.45) is 6.49. The third kappa shape index (κ3) is 7.84. The van der Waals surface area contributed by atoms with E-state index in [1.54, 1.807) is 19.9 Å². The lowest BCUT2D eigenvalue weighted by Crippen LogP contribution is -2.59. The second-order valence-corrected chi connectivity index (χ2v) is 9.14. The van der Waals surface area contributed by atoms with Gasteiger partial charge in [-0.15, -0.1) is 0 Å². The van der Waals surface area contributed by atoms with Crippen LogP contribution in [-0.2, 0) is 20.7 Å². The standard InChI is InChI=1S/C25H36F2N2O4/c1-3-16(2)25(31)29-21(11-18-9-19(26)12-20(27)10-18)24(30)22-15-33-23(13-28-22)32-14-17-7-5-4-6-8-17/h3,9-10,12,17,21-24,28,30H,4-8,11,13-15H2,1-2H3,(H,29,31)/t21-,22+,23+,24-/m0/s1. The maximum atomic E-state index is 13.7. The summed E-state index contributed by atoms with van der Waals surface area (Å²) in [6, 6.07) is 1.97. The number of morpholine rings is 1. The topological polar surface area (TPSA) is 79.8 Å². The van der Waals surface area contributed by atoms with Gasteiger partial charge in [0.15, 0.2) is 6.29 Å². The first-order chi connectivity index (χ1) is 15.9. The second-order valence-electron chi connectivity index (χ2n) is 9.14. The molecule has 4 atom stereocenters. The first-order valence-corrected chi connectivity index (χ1v) is 11.9. The van der Waals surface area contributed by atoms with Gasteiger partial charge in [0.25, 0.3) is 0 Å². The number of allylic oxidation sites excluding steroid dienone is 1. The molecule has 1 saturated carbocycles. The average Bonchev–Trinajstić information content (AvgIpc) is 2.81. The van der Waals surface area contributed by atoms with E-state index < -0.39 is 29.8 Å². The van der Waals surface area contributed by atoms with Crippen LogP contribution in [-0.4, -0.2) is 55.2 Å². The minimum absolute atomic E-state index is 0.0678. The number of aliphatic hydroxyl groups is 1. The number of benzene rings is 1. The molecule has 2 aliphatic rings. The van der Waals surface area contributed by atoms with Crippen LogP contribution in [0.15, 0.2) is 29.8 Å². The first-order valence-electron chi connectivity index (χ1n) is 11.9. The van der Waals surface area contributed by atoms with E-state index in [-0.39, 0.29) is 25.2 Å². The molecule has 0 radical (unpaired) electrons. The van der Waals surface area contributed by atoms with E-state index in [1.807, 2.05) is 0 Å². The lowest BCUT2D eigenvalue weighted by molar-refractivity contribution is -0.179. The summed E-state index contributed by atoms with van der Waals surface area (Å²) in [5.74, 6) is -1.17. The van der Waals surface area contributed by atoms with Crippen LogP contribution in [0.2, 0.25) is 0 Å². The number of nitrogens with one attached hydrogen (secondary N) is 2. The van der Waals surface area contributed by atoms with Gasteiger partial charge in [-0.1, -0.05) is 25.3 Å². The molecule has 1 aromatic rings. The molecule has 2 fully saturated rings. The molecular formula is C25H36F2N2O4. The van der Waals surface area contributed by atoms with E-state index in [1.165, 1.54) is 44.2 Å². The molecule has 6 nitrogen and oxygen atoms in total. The summed E-state index contributed by atoms with van der Waals surface area (Å²) in [5.41, 5.74) is 0.835. The summed E-state index contributed by atoms with van der Waals surface area (Å²) in [6.45, 7) is 4.69. The van der Waals surface area contributed by atoms with Crippen LogP contribution < -0.4 is 10.6 Å². The smallest absolute Gasteiger partial charge is 0.246 e. The quantitative estimate of drug-likeness (QED) is 0.487. The maximum Gasteiger partial charge on any atom is 0.246 e. The number of hydrogen-bond acceptors (Lipinski definition) is 5. The molecule has 184 valence electrons. The van der Waals surface area contributed by atoms with Crippen molar-refractivity contribution in [1.29, 1.82) is 0 Å². The molecule has 0 bridgehead atoms. The zero-order chi connectivity index (χ0) is 23.8. The van der Waals surface area contributed by atoms with Gasteiger partial charge in [0.1, 0.15) is 11.6 Å². The van der Waals surface area contributed by atoms with Crippen LogP contribution >= 0.6 is 0 Å². The van der Waals surface area contributed by atoms with Crippen LogP contribution in [0, 0.1) is 17.6 Å². The highest BCUT2D eigenvalue weighted by molar-refractivity contribution is 5.92. The Kier molecular flexibility index (Phi) is 9.79. The highest BCUT2D eigenvalue weighted by atomic mass is 19.1. The summed E-state index contributed by atoms with van der Waals surface area (Å²) in [7, 11) is 0. The Balaban J connectivity index is 1.59. The fourth-order valence-electron chi connectivity index (χ4n) is 4.43. The normalized spacial score (nSPS) is 24.3. The van der Waals surface area contributed by atoms with Crippen molar-refractivity contribution in [1.82, 2.24) is 10.6 Å². The van der Waals surface area contributed by atoms with Crippen molar-refractivity contribution in [2.24, 2.45) is 5.92 Å². The molecule has 33 heavy (non-hydrogen) atoms. The predicted molar refractivity (Wildman–Crippen MR) is 121 cm³/mol. The molecule has 1 heterocycles. The monoisotopic (exact) mass is 466 g/mol. The minimum atomic E-state index is -1.04. The van der Waals surface area contributed by atoms with Gasteiger partial charge in [-0.3, -0.25) is 4.79 Å². The SMILES string of the molecule is CC=C(C)C(=O)N[C@@H](Cc1cc(F)cc(F)c1)[C@H](O)[C@H]1CO[C@@H](OCC2CCCCC2)CN1. The zero-order valence-electron chi connectivity index (χ0n) is 19.5. The molecule has 1 aliphatic carbocycles. The third-order valence-corrected chi connectivity index (χ3v) is 6.56. The third-order valence-electron chi connectivity index (χ3n) is 6.56. The Morgan fingerprint density at radius 1 is 1.27 bits per heavy atom. The van der Waals surface area contributed by atoms with Crippen LogP contribution in [0.5, 0.6) is 0 Å². The van der Waals surface area contributed by atoms with Gasteiger partial charge in [-0.05, 0) is 56.7 Å². The van der Waals surface area contributed by atoms with Gasteiger partial charge < -0.3 is 25.2 Å². The van der Waals surface area contributed by atoms with Crippen LogP contribution in [0.3, 0.4) is 0 Å². The Bertz CT molecular complexity index is 785. The molecule has 0 unspecified atom stereocenters. The van der Waals surface area contributed by atoms with E-state index in [0.29, 0.717) is 30.2 Å². The number of rotatable bonds is 9. The summed E-state index contributed by atoms with van der Waals surface area (Å²) in [5, 5.41) is 17.1. The number of carbonyl (C=O) groups is 1. The van der Waals surface area contributed by atoms with Gasteiger partial charge in [-0.25, -0.2) is 8.78 Å². The Hall–Kier alpha value is -1.87. The van der Waals surface area contributed by atoms with Crippen molar-refractivity contribution in [3.63, 3.8) is 0 Å². The number of hydrogen-bond donors (Lipinski definition) is 3. The molecular weight excluding hydrogens is 430 g/mol. The van der Waals surface area contributed by atoms with Crippen molar-refractivity contribution in [3.8, 4) is 0 Å². The van der Waals surface area contributed by atoms with Crippen molar-refractivity contribution >= 4 is 5.91 Å². The molecule has 1 saturated heterocycles. The molecule has 3 rings (SSSR count). The van der Waals surface area contributed by atoms with E-state index >= 15 is 0 Å². The zero-order valence-corrected chi connectivity index (χ0v) is 19.5. The summed E-state index contributed by atoms with van der Waals surface area (Å²) < 4.78 is 39.1. The Morgan fingerprint density at radius 3 is 2.58 bits per heavy atom. The Labute approximate surface area is 194 Å². The largest absolute Gasteiger partial charge is 0.389 e. The summed E-state index contributed by atoms with van der Waals surface area (Å²) in [4.78, 5) is 12.5. The average molecular weight is 467 g/mol. The van der Waals surface area contributed by atoms with Gasteiger partial charge in [0.2, 0.25) is 5.91 Å². The number of halogens is 2. The maximum absolute atomic E-state index is 13.7. The van der Waals surface area contributed by atoms with E-state index in [4.69, 9.17) is 9.47 Å². The molecule has 1 amide bonds. The van der Waals surface area contributed by atoms with Crippen LogP contribution in [0.4, 0.5) is 8.78 Å². The van der Waals surface area contributed by atoms with Crippen molar-refractivity contribution < 1.29 is 28.2 Å². The molecule has 0 aromatic heterocycles. The lowest BCUT2D eigenvalue weighted by atomic mass is 9.90. The lowest BCUT2D eigenvalue weighted by Gasteiger charge is -2.37. The predicted octanol–water partition coefficient (Wildman–Crippen LogP) is 3.23. The molecule has 0 spiro atoms. The van der Waals surface area contributed by atoms with E-state index in [0.717, 1.165) is 6.07 Å². The van der Waals surface area contributed by atoms with Crippen molar-refractivity contribution in [2.75, 3.05) is 19.8 Å². The fourth-order valence-corrected chi connectivity index (χ4v) is 4.43. The highest BCUT2D eigenvalue weighted by Gasteiger charge is 2.33. The van der Waals surface area contributed by atoms with Crippen molar-refractivity contribution in [3.05, 3.63) is 47.0 Å². The highest BCUT2D eigenvalue weighted by Crippen LogP contribution is 2.24. The number of carbonyl (C=O) groups excluding carboxylic acids is 1. The second kappa shape index (κ2) is 12.6. The van der Waals surface area contributed by atoms with Crippen LogP contribution in [0.25, 0.3) is 0 Å². The Morgan fingerprint density at radius 2 is 1.97 bits per heavy atom. The van der Waals surface area contributed by atoms with Gasteiger partial charge >= 0.3 is 0 Å². The number of amides is 1. The molecule has 1 aromatic carbocycles. The van der Waals surface area contributed by atoms with Gasteiger partial charge in [-0.2, -0.15) is 0 Å². The van der Waals surface area contributed by atoms with Crippen LogP contribution in [0.1, 0.15) is 51.5 Å². The van der Waals surface area contributed by atoms with E-state index in [9.17, 15) is 18.7 Å². The van der Waals surface area contributed by atoms with Gasteiger partial charge in [0.05, 0.1) is 31.4 Å². The molecule has 8 heteroatoms. The number of aliphatic hydroxyl groups excluding tert-OH is 1. The van der Waals surface area contributed by atoms with Crippen molar-refractivity contribution in [2.45, 2.75) is 76.9 Å². The summed E-state index contributed by atoms with van der Waals surface area (Å²) >= 11 is 0. The van der Waals surface area contributed by atoms with E-state index in [2.05, 4.69) is 10.6 Å². The first kappa shape index (κ1) is 25.7. The molecule has 1 aliphatic heterocycles. The van der Waals surface area contributed by atoms with Gasteiger partial charge in [0, 0.05) is 18.2 Å². The molecule has 3 N–H and O–H groups in total. The minimum Gasteiger partial charge on any atom is -0.389 e. The fraction of sp³-hybridized carbons (Fsp3) is 0.640. The number of ether oxygens (including phenoxy) is 2.